The van der Waals surface area contributed by atoms with Crippen molar-refractivity contribution in [1.29, 1.82) is 0 Å². The first-order chi connectivity index (χ1) is 15.2. The van der Waals surface area contributed by atoms with Gasteiger partial charge in [0.1, 0.15) is 0 Å². The minimum absolute atomic E-state index is 0.0964. The smallest absolute Gasteiger partial charge is 0.317 e. The summed E-state index contributed by atoms with van der Waals surface area (Å²) in [5.41, 5.74) is 4.78. The first kappa shape index (κ1) is 32.5. The fraction of sp³-hybridized carbons (Fsp3) is 0.962. The highest BCUT2D eigenvalue weighted by Crippen LogP contribution is 2.14. The van der Waals surface area contributed by atoms with Gasteiger partial charge in [-0.3, -0.25) is 4.79 Å². The molecular weight excluding hydrogens is 388 g/mol. The maximum atomic E-state index is 10.3. The summed E-state index contributed by atoms with van der Waals surface area (Å²) in [5.74, 6) is -0.761. The number of rotatable bonds is 24. The number of hydrogen-bond acceptors (Lipinski definition) is 4. The molecule has 0 saturated heterocycles. The topological polar surface area (TPSA) is 95.6 Å². The van der Waals surface area contributed by atoms with E-state index in [9.17, 15) is 4.79 Å². The normalized spacial score (nSPS) is 10.7. The van der Waals surface area contributed by atoms with Crippen molar-refractivity contribution >= 4 is 5.97 Å². The minimum atomic E-state index is -0.761. The molecule has 0 radical (unpaired) electrons. The van der Waals surface area contributed by atoms with Crippen LogP contribution in [-0.4, -0.2) is 42.4 Å². The quantitative estimate of drug-likeness (QED) is 0.129. The summed E-state index contributed by atoms with van der Waals surface area (Å²) in [6.07, 6.45) is 27.9. The van der Waals surface area contributed by atoms with Crippen molar-refractivity contribution in [2.24, 2.45) is 5.73 Å². The Bertz CT molecular complexity index is 326. The van der Waals surface area contributed by atoms with Gasteiger partial charge in [-0.25, -0.2) is 0 Å². The van der Waals surface area contributed by atoms with Crippen molar-refractivity contribution in [3.63, 3.8) is 0 Å². The Morgan fingerprint density at radius 1 is 0.645 bits per heavy atom. The lowest BCUT2D eigenvalue weighted by Crippen LogP contribution is -2.23. The van der Waals surface area contributed by atoms with E-state index in [0.29, 0.717) is 6.54 Å². The number of carbonyl (C=O) groups is 1. The van der Waals surface area contributed by atoms with E-state index < -0.39 is 5.97 Å². The molecule has 0 aliphatic heterocycles. The fourth-order valence-corrected chi connectivity index (χ4v) is 3.70. The molecule has 0 bridgehead atoms. The number of nitrogens with two attached hydrogens (primary N) is 1. The van der Waals surface area contributed by atoms with Gasteiger partial charge in [0.2, 0.25) is 0 Å². The van der Waals surface area contributed by atoms with Crippen molar-refractivity contribution in [1.82, 2.24) is 5.32 Å². The molecule has 0 saturated carbocycles. The molecule has 0 atom stereocenters. The molecule has 0 fully saturated rings. The number of aliphatic hydroxyl groups excluding tert-OH is 1. The van der Waals surface area contributed by atoms with Crippen LogP contribution < -0.4 is 11.1 Å². The summed E-state index contributed by atoms with van der Waals surface area (Å²) in [4.78, 5) is 10.3. The Balaban J connectivity index is 0. The molecule has 5 N–H and O–H groups in total. The van der Waals surface area contributed by atoms with E-state index in [0.717, 1.165) is 13.0 Å². The third kappa shape index (κ3) is 37.0. The number of carboxylic acid groups (broad SMARTS) is 1. The van der Waals surface area contributed by atoms with Crippen LogP contribution >= 0.6 is 0 Å². The molecule has 0 aromatic heterocycles. The Kier molecular flexibility index (Phi) is 33.1. The van der Waals surface area contributed by atoms with Crippen LogP contribution in [0.5, 0.6) is 0 Å². The van der Waals surface area contributed by atoms with Crippen LogP contribution in [0, 0.1) is 0 Å². The van der Waals surface area contributed by atoms with Crippen LogP contribution in [-0.2, 0) is 4.79 Å². The van der Waals surface area contributed by atoms with Crippen LogP contribution in [0.1, 0.15) is 135 Å². The summed E-state index contributed by atoms with van der Waals surface area (Å²) in [6, 6.07) is 0. The molecule has 188 valence electrons. The van der Waals surface area contributed by atoms with Crippen LogP contribution in [0.25, 0.3) is 0 Å². The van der Waals surface area contributed by atoms with Crippen LogP contribution in [0.3, 0.4) is 0 Å². The summed E-state index contributed by atoms with van der Waals surface area (Å²) >= 11 is 0. The van der Waals surface area contributed by atoms with Gasteiger partial charge in [-0.2, -0.15) is 0 Å². The van der Waals surface area contributed by atoms with Crippen molar-refractivity contribution in [2.45, 2.75) is 135 Å². The lowest BCUT2D eigenvalue weighted by molar-refractivity contribution is -0.135. The molecule has 0 spiro atoms. The van der Waals surface area contributed by atoms with Crippen molar-refractivity contribution in [3.8, 4) is 0 Å². The zero-order valence-corrected chi connectivity index (χ0v) is 20.9. The van der Waals surface area contributed by atoms with E-state index in [1.807, 2.05) is 0 Å². The largest absolute Gasteiger partial charge is 0.480 e. The average molecular weight is 445 g/mol. The second-order valence-corrected chi connectivity index (χ2v) is 8.80. The van der Waals surface area contributed by atoms with E-state index in [1.165, 1.54) is 122 Å². The molecule has 0 unspecified atom stereocenters. The Morgan fingerprint density at radius 2 is 0.935 bits per heavy atom. The van der Waals surface area contributed by atoms with E-state index in [2.05, 4.69) is 12.2 Å². The van der Waals surface area contributed by atoms with Crippen molar-refractivity contribution in [3.05, 3.63) is 0 Å². The Labute approximate surface area is 194 Å². The Hall–Kier alpha value is -0.650. The second kappa shape index (κ2) is 31.5. The maximum Gasteiger partial charge on any atom is 0.317 e. The first-order valence-electron chi connectivity index (χ1n) is 13.4. The monoisotopic (exact) mass is 444 g/mol. The van der Waals surface area contributed by atoms with Gasteiger partial charge >= 0.3 is 5.97 Å². The lowest BCUT2D eigenvalue weighted by Gasteiger charge is -2.04. The fourth-order valence-electron chi connectivity index (χ4n) is 3.70. The second-order valence-electron chi connectivity index (χ2n) is 8.80. The van der Waals surface area contributed by atoms with Gasteiger partial charge < -0.3 is 21.3 Å². The summed E-state index contributed by atoms with van der Waals surface area (Å²) in [6.45, 7) is 3.69. The van der Waals surface area contributed by atoms with E-state index in [-0.39, 0.29) is 13.2 Å². The average Bonchev–Trinajstić information content (AvgIpc) is 2.77. The molecule has 0 aromatic carbocycles. The molecule has 5 nitrogen and oxygen atoms in total. The van der Waals surface area contributed by atoms with E-state index >= 15 is 0 Å². The summed E-state index contributed by atoms with van der Waals surface area (Å²) in [5, 5.41) is 19.2. The molecular formula is C26H56N2O3. The van der Waals surface area contributed by atoms with Gasteiger partial charge in [0.15, 0.2) is 0 Å². The first-order valence-corrected chi connectivity index (χ1v) is 13.4. The van der Waals surface area contributed by atoms with Crippen LogP contribution in [0.15, 0.2) is 0 Å². The standard InChI is InChI=1S/C24H49NO2.C2H7NO/c1-2-3-4-5-6-7-8-9-10-11-12-13-14-15-16-17-18-19-20-21-22-25-23-24(26)27;3-1-2-4/h25H,2-23H2,1H3,(H,26,27);4H,1-3H2. The van der Waals surface area contributed by atoms with E-state index in [4.69, 9.17) is 15.9 Å². The maximum absolute atomic E-state index is 10.3. The van der Waals surface area contributed by atoms with Crippen molar-refractivity contribution < 1.29 is 15.0 Å². The molecule has 5 heteroatoms. The molecule has 0 aliphatic carbocycles. The van der Waals surface area contributed by atoms with Gasteiger partial charge in [-0.1, -0.05) is 129 Å². The number of aliphatic hydroxyl groups is 1. The van der Waals surface area contributed by atoms with Gasteiger partial charge in [0, 0.05) is 6.54 Å². The molecule has 0 amide bonds. The van der Waals surface area contributed by atoms with Gasteiger partial charge in [-0.15, -0.1) is 0 Å². The summed E-state index contributed by atoms with van der Waals surface area (Å²) < 4.78 is 0. The number of hydrogen-bond donors (Lipinski definition) is 4. The molecule has 0 aromatic rings. The Morgan fingerprint density at radius 3 is 1.19 bits per heavy atom. The third-order valence-electron chi connectivity index (χ3n) is 5.61. The summed E-state index contributed by atoms with van der Waals surface area (Å²) in [7, 11) is 0. The predicted octanol–water partition coefficient (Wildman–Crippen LogP) is 6.42. The number of nitrogens with one attached hydrogen (secondary N) is 1. The lowest BCUT2D eigenvalue weighted by atomic mass is 10.0. The molecule has 0 aliphatic rings. The van der Waals surface area contributed by atoms with Gasteiger partial charge in [0.25, 0.3) is 0 Å². The van der Waals surface area contributed by atoms with Crippen molar-refractivity contribution in [2.75, 3.05) is 26.2 Å². The highest BCUT2D eigenvalue weighted by molar-refractivity contribution is 5.68. The zero-order valence-electron chi connectivity index (χ0n) is 20.9. The third-order valence-corrected chi connectivity index (χ3v) is 5.61. The number of aliphatic carboxylic acids is 1. The predicted molar refractivity (Wildman–Crippen MR) is 135 cm³/mol. The van der Waals surface area contributed by atoms with Crippen LogP contribution in [0.4, 0.5) is 0 Å². The number of carboxylic acids is 1. The van der Waals surface area contributed by atoms with Gasteiger partial charge in [0.05, 0.1) is 13.2 Å². The highest BCUT2D eigenvalue weighted by atomic mass is 16.4. The highest BCUT2D eigenvalue weighted by Gasteiger charge is 1.96. The SMILES string of the molecule is CCCCCCCCCCCCCCCCCCCCCCNCC(=O)O.NCCO. The minimum Gasteiger partial charge on any atom is -0.480 e. The molecule has 0 heterocycles. The zero-order chi connectivity index (χ0) is 23.3. The molecule has 0 rings (SSSR count). The molecule has 31 heavy (non-hydrogen) atoms. The van der Waals surface area contributed by atoms with E-state index in [1.54, 1.807) is 0 Å². The van der Waals surface area contributed by atoms with Gasteiger partial charge in [-0.05, 0) is 13.0 Å². The van der Waals surface area contributed by atoms with Crippen LogP contribution in [0.2, 0.25) is 0 Å². The number of unbranched alkanes of at least 4 members (excludes halogenated alkanes) is 19.